The third-order valence-electron chi connectivity index (χ3n) is 4.86. The molecular formula is C20H23N3O4. The highest BCUT2D eigenvalue weighted by Gasteiger charge is 2.24. The smallest absolute Gasteiger partial charge is 0.270 e. The van der Waals surface area contributed by atoms with Gasteiger partial charge in [-0.1, -0.05) is 18.2 Å². The third kappa shape index (κ3) is 4.62. The number of nitrogens with zero attached hydrogens (tertiary/aromatic N) is 2. The molecule has 2 aromatic rings. The second kappa shape index (κ2) is 8.64. The van der Waals surface area contributed by atoms with Crippen LogP contribution in [-0.4, -0.2) is 42.5 Å². The zero-order valence-electron chi connectivity index (χ0n) is 15.3. The van der Waals surface area contributed by atoms with Crippen LogP contribution in [-0.2, 0) is 0 Å². The van der Waals surface area contributed by atoms with Gasteiger partial charge in [0, 0.05) is 24.2 Å². The summed E-state index contributed by atoms with van der Waals surface area (Å²) in [6.07, 6.45) is 2.29. The molecule has 0 aliphatic carbocycles. The molecule has 2 aromatic carbocycles. The predicted octanol–water partition coefficient (Wildman–Crippen LogP) is 3.17. The molecule has 3 rings (SSSR count). The van der Waals surface area contributed by atoms with Gasteiger partial charge in [-0.25, -0.2) is 0 Å². The molecule has 0 saturated carbocycles. The first-order valence-electron chi connectivity index (χ1n) is 8.99. The van der Waals surface area contributed by atoms with Crippen LogP contribution in [0.4, 0.5) is 5.69 Å². The van der Waals surface area contributed by atoms with Gasteiger partial charge in [0.1, 0.15) is 5.75 Å². The average Bonchev–Trinajstić information content (AvgIpc) is 3.23. The van der Waals surface area contributed by atoms with E-state index in [2.05, 4.69) is 10.2 Å². The maximum absolute atomic E-state index is 12.5. The van der Waals surface area contributed by atoms with Crippen LogP contribution in [0, 0.1) is 10.1 Å². The summed E-state index contributed by atoms with van der Waals surface area (Å²) in [5, 5.41) is 13.8. The van der Waals surface area contributed by atoms with Crippen LogP contribution in [0.2, 0.25) is 0 Å². The lowest BCUT2D eigenvalue weighted by Gasteiger charge is -2.28. The Morgan fingerprint density at radius 2 is 1.93 bits per heavy atom. The summed E-state index contributed by atoms with van der Waals surface area (Å²) in [5.41, 5.74) is 1.31. The number of methoxy groups -OCH3 is 1. The normalized spacial score (nSPS) is 15.3. The van der Waals surface area contributed by atoms with Crippen molar-refractivity contribution in [3.8, 4) is 5.75 Å². The second-order valence-corrected chi connectivity index (χ2v) is 6.55. The Hall–Kier alpha value is -2.93. The zero-order valence-corrected chi connectivity index (χ0v) is 15.3. The zero-order chi connectivity index (χ0) is 19.2. The van der Waals surface area contributed by atoms with Gasteiger partial charge in [0.15, 0.2) is 0 Å². The average molecular weight is 369 g/mol. The number of hydrogen-bond donors (Lipinski definition) is 1. The Morgan fingerprint density at radius 1 is 1.22 bits per heavy atom. The molecule has 0 unspecified atom stereocenters. The highest BCUT2D eigenvalue weighted by Crippen LogP contribution is 2.26. The van der Waals surface area contributed by atoms with Crippen molar-refractivity contribution in [3.63, 3.8) is 0 Å². The number of rotatable bonds is 7. The number of carbonyl (C=O) groups is 1. The standard InChI is InChI=1S/C20H23N3O4/c1-27-18-9-7-15(8-10-18)19(22-11-2-3-12-22)14-21-20(24)16-5-4-6-17(13-16)23(25)26/h4-10,13,19H,2-3,11-12,14H2,1H3,(H,21,24)/t19-/m1/s1. The fraction of sp³-hybridized carbons (Fsp3) is 0.350. The molecule has 0 spiro atoms. The largest absolute Gasteiger partial charge is 0.497 e. The van der Waals surface area contributed by atoms with Crippen molar-refractivity contribution in [2.75, 3.05) is 26.7 Å². The number of amides is 1. The molecule has 1 heterocycles. The summed E-state index contributed by atoms with van der Waals surface area (Å²) in [4.78, 5) is 25.3. The van der Waals surface area contributed by atoms with E-state index < -0.39 is 4.92 Å². The van der Waals surface area contributed by atoms with E-state index in [1.54, 1.807) is 13.2 Å². The van der Waals surface area contributed by atoms with Crippen molar-refractivity contribution in [1.29, 1.82) is 0 Å². The molecule has 1 atom stereocenters. The Balaban J connectivity index is 1.73. The van der Waals surface area contributed by atoms with Gasteiger partial charge in [0.2, 0.25) is 0 Å². The van der Waals surface area contributed by atoms with Gasteiger partial charge in [-0.15, -0.1) is 0 Å². The summed E-state index contributed by atoms with van der Waals surface area (Å²) < 4.78 is 5.22. The fourth-order valence-corrected chi connectivity index (χ4v) is 3.39. The number of ether oxygens (including phenoxy) is 1. The third-order valence-corrected chi connectivity index (χ3v) is 4.86. The lowest BCUT2D eigenvalue weighted by molar-refractivity contribution is -0.384. The second-order valence-electron chi connectivity index (χ2n) is 6.55. The van der Waals surface area contributed by atoms with E-state index in [1.165, 1.54) is 18.2 Å². The van der Waals surface area contributed by atoms with Crippen molar-refractivity contribution in [1.82, 2.24) is 10.2 Å². The monoisotopic (exact) mass is 369 g/mol. The summed E-state index contributed by atoms with van der Waals surface area (Å²) >= 11 is 0. The number of nitrogens with one attached hydrogen (secondary N) is 1. The number of benzene rings is 2. The van der Waals surface area contributed by atoms with Crippen molar-refractivity contribution in [3.05, 3.63) is 69.8 Å². The lowest BCUT2D eigenvalue weighted by Crippen LogP contribution is -2.36. The van der Waals surface area contributed by atoms with E-state index in [0.29, 0.717) is 12.1 Å². The quantitative estimate of drug-likeness (QED) is 0.598. The lowest BCUT2D eigenvalue weighted by atomic mass is 10.0. The number of nitro groups is 1. The highest BCUT2D eigenvalue weighted by molar-refractivity contribution is 5.94. The van der Waals surface area contributed by atoms with E-state index in [9.17, 15) is 14.9 Å². The minimum Gasteiger partial charge on any atom is -0.497 e. The van der Waals surface area contributed by atoms with Gasteiger partial charge in [-0.2, -0.15) is 0 Å². The highest BCUT2D eigenvalue weighted by atomic mass is 16.6. The van der Waals surface area contributed by atoms with Crippen LogP contribution < -0.4 is 10.1 Å². The Bertz CT molecular complexity index is 801. The summed E-state index contributed by atoms with van der Waals surface area (Å²) in [6.45, 7) is 2.42. The van der Waals surface area contributed by atoms with Gasteiger partial charge < -0.3 is 10.1 Å². The summed E-state index contributed by atoms with van der Waals surface area (Å²) in [5.74, 6) is 0.482. The van der Waals surface area contributed by atoms with Crippen LogP contribution in [0.3, 0.4) is 0 Å². The molecule has 7 heteroatoms. The Kier molecular flexibility index (Phi) is 6.03. The molecule has 1 N–H and O–H groups in total. The maximum Gasteiger partial charge on any atom is 0.270 e. The molecule has 1 fully saturated rings. The minimum absolute atomic E-state index is 0.0565. The first-order valence-corrected chi connectivity index (χ1v) is 8.99. The number of nitro benzene ring substituents is 1. The maximum atomic E-state index is 12.5. The van der Waals surface area contributed by atoms with Crippen molar-refractivity contribution >= 4 is 11.6 Å². The van der Waals surface area contributed by atoms with Crippen LogP contribution in [0.25, 0.3) is 0 Å². The molecule has 1 saturated heterocycles. The predicted molar refractivity (Wildman–Crippen MR) is 102 cm³/mol. The SMILES string of the molecule is COc1ccc([C@@H](CNC(=O)c2cccc([N+](=O)[O-])c2)N2CCCC2)cc1. The number of carbonyl (C=O) groups excluding carboxylic acids is 1. The van der Waals surface area contributed by atoms with E-state index in [1.807, 2.05) is 24.3 Å². The molecule has 7 nitrogen and oxygen atoms in total. The molecule has 27 heavy (non-hydrogen) atoms. The number of likely N-dealkylation sites (tertiary alicyclic amines) is 1. The Morgan fingerprint density at radius 3 is 2.56 bits per heavy atom. The first-order chi connectivity index (χ1) is 13.1. The molecule has 0 bridgehead atoms. The van der Waals surface area contributed by atoms with Gasteiger partial charge in [0.05, 0.1) is 18.1 Å². The molecule has 0 radical (unpaired) electrons. The van der Waals surface area contributed by atoms with Gasteiger partial charge in [0.25, 0.3) is 11.6 Å². The summed E-state index contributed by atoms with van der Waals surface area (Å²) in [6, 6.07) is 13.7. The molecule has 1 aliphatic heterocycles. The molecule has 142 valence electrons. The number of non-ortho nitro benzene ring substituents is 1. The molecule has 1 aliphatic rings. The molecular weight excluding hydrogens is 346 g/mol. The van der Waals surface area contributed by atoms with E-state index in [4.69, 9.17) is 4.74 Å². The van der Waals surface area contributed by atoms with E-state index >= 15 is 0 Å². The number of hydrogen-bond acceptors (Lipinski definition) is 5. The van der Waals surface area contributed by atoms with Gasteiger partial charge in [-0.3, -0.25) is 19.8 Å². The van der Waals surface area contributed by atoms with Crippen LogP contribution >= 0.6 is 0 Å². The van der Waals surface area contributed by atoms with E-state index in [-0.39, 0.29) is 17.6 Å². The first kappa shape index (κ1) is 18.8. The van der Waals surface area contributed by atoms with Crippen LogP contribution in [0.5, 0.6) is 5.75 Å². The van der Waals surface area contributed by atoms with Crippen molar-refractivity contribution < 1.29 is 14.5 Å². The van der Waals surface area contributed by atoms with Crippen molar-refractivity contribution in [2.24, 2.45) is 0 Å². The minimum atomic E-state index is -0.499. The molecule has 0 aromatic heterocycles. The van der Waals surface area contributed by atoms with Gasteiger partial charge >= 0.3 is 0 Å². The van der Waals surface area contributed by atoms with Crippen LogP contribution in [0.1, 0.15) is 34.8 Å². The van der Waals surface area contributed by atoms with Crippen molar-refractivity contribution in [2.45, 2.75) is 18.9 Å². The Labute approximate surface area is 158 Å². The molecule has 1 amide bonds. The van der Waals surface area contributed by atoms with Crippen LogP contribution in [0.15, 0.2) is 48.5 Å². The topological polar surface area (TPSA) is 84.7 Å². The summed E-state index contributed by atoms with van der Waals surface area (Å²) in [7, 11) is 1.63. The van der Waals surface area contributed by atoms with E-state index in [0.717, 1.165) is 37.2 Å². The fourth-order valence-electron chi connectivity index (χ4n) is 3.39. The van der Waals surface area contributed by atoms with Gasteiger partial charge in [-0.05, 0) is 49.7 Å².